The van der Waals surface area contributed by atoms with Gasteiger partial charge in [-0.15, -0.1) is 0 Å². The zero-order valence-electron chi connectivity index (χ0n) is 32.6. The summed E-state index contributed by atoms with van der Waals surface area (Å²) < 4.78 is 13.4. The molecule has 3 aliphatic heterocycles. The molecule has 0 N–H and O–H groups in total. The lowest BCUT2D eigenvalue weighted by atomic mass is 9.89. The highest BCUT2D eigenvalue weighted by Gasteiger charge is 2.35. The summed E-state index contributed by atoms with van der Waals surface area (Å²) in [5.74, 6) is -0.0332. The van der Waals surface area contributed by atoms with Gasteiger partial charge in [0.05, 0.1) is 24.3 Å². The Kier molecular flexibility index (Phi) is 10.6. The molecule has 0 radical (unpaired) electrons. The van der Waals surface area contributed by atoms with E-state index in [1.165, 1.54) is 5.56 Å². The lowest BCUT2D eigenvalue weighted by Gasteiger charge is -2.41. The number of hydrogen-bond donors (Lipinski definition) is 0. The van der Waals surface area contributed by atoms with Crippen LogP contribution in [0.25, 0.3) is 11.3 Å². The molecule has 3 amide bonds. The molecule has 1 saturated heterocycles. The van der Waals surface area contributed by atoms with Gasteiger partial charge in [0.25, 0.3) is 11.8 Å². The van der Waals surface area contributed by atoms with Crippen LogP contribution in [-0.4, -0.2) is 89.7 Å². The third-order valence-corrected chi connectivity index (χ3v) is 11.7. The van der Waals surface area contributed by atoms with Crippen LogP contribution in [-0.2, 0) is 37.7 Å². The van der Waals surface area contributed by atoms with E-state index in [1.807, 2.05) is 72.0 Å². The summed E-state index contributed by atoms with van der Waals surface area (Å²) in [6.07, 6.45) is 0.716. The van der Waals surface area contributed by atoms with Crippen molar-refractivity contribution < 1.29 is 23.9 Å². The lowest BCUT2D eigenvalue weighted by molar-refractivity contribution is 0.0193. The largest absolute Gasteiger partial charge is 0.415 e. The maximum absolute atomic E-state index is 15.4. The maximum atomic E-state index is 15.4. The van der Waals surface area contributed by atoms with Crippen LogP contribution < -0.4 is 9.64 Å². The third-order valence-electron chi connectivity index (χ3n) is 11.7. The Morgan fingerprint density at radius 2 is 1.56 bits per heavy atom. The molecule has 0 spiro atoms. The third kappa shape index (κ3) is 7.54. The van der Waals surface area contributed by atoms with E-state index in [0.29, 0.717) is 43.9 Å². The van der Waals surface area contributed by atoms with Crippen LogP contribution in [0.2, 0.25) is 0 Å². The Morgan fingerprint density at radius 3 is 2.33 bits per heavy atom. The standard InChI is InChI=1S/C46H46N6O5/c1-31-39(44(53)49(3)37-14-5-4-6-15-37)26-42(48(31)2)40-24-33-17-18-51(46(55)57-43-16-10-9-12-34(43)27-47)28-36(33)25-41(40)45(54)52-29-35-13-8-7-11-32(35)23-38(52)30-50-19-21-56-22-20-50/h4-16,24-26,38H,17-23,28-30H2,1-3H3/t38-/m0/s1. The number of morpholine rings is 1. The Hall–Kier alpha value is -6.22. The molecular formula is C46H46N6O5. The fraction of sp³-hybridized carbons (Fsp3) is 0.304. The van der Waals surface area contributed by atoms with Crippen LogP contribution in [0.3, 0.4) is 0 Å². The Labute approximate surface area is 333 Å². The van der Waals surface area contributed by atoms with Crippen molar-refractivity contribution in [2.75, 3.05) is 51.3 Å². The second-order valence-corrected chi connectivity index (χ2v) is 15.1. The van der Waals surface area contributed by atoms with Crippen molar-refractivity contribution in [1.29, 1.82) is 5.26 Å². The second-order valence-electron chi connectivity index (χ2n) is 15.1. The van der Waals surface area contributed by atoms with Crippen molar-refractivity contribution >= 4 is 23.6 Å². The molecular weight excluding hydrogens is 717 g/mol. The summed E-state index contributed by atoms with van der Waals surface area (Å²) in [6.45, 7) is 6.72. The van der Waals surface area contributed by atoms with Crippen LogP contribution >= 0.6 is 0 Å². The van der Waals surface area contributed by atoms with Crippen molar-refractivity contribution in [3.8, 4) is 23.1 Å². The van der Waals surface area contributed by atoms with Gasteiger partial charge >= 0.3 is 6.09 Å². The highest BCUT2D eigenvalue weighted by Crippen LogP contribution is 2.36. The summed E-state index contributed by atoms with van der Waals surface area (Å²) in [6, 6.07) is 32.5. The molecule has 11 nitrogen and oxygen atoms in total. The zero-order chi connectivity index (χ0) is 39.6. The van der Waals surface area contributed by atoms with Crippen LogP contribution in [0.5, 0.6) is 5.75 Å². The fourth-order valence-corrected chi connectivity index (χ4v) is 8.31. The van der Waals surface area contributed by atoms with Crippen molar-refractivity contribution in [1.82, 2.24) is 19.3 Å². The molecule has 11 heteroatoms. The first-order chi connectivity index (χ1) is 27.7. The molecule has 1 atom stereocenters. The molecule has 1 fully saturated rings. The average molecular weight is 763 g/mol. The Balaban J connectivity index is 1.19. The van der Waals surface area contributed by atoms with Crippen LogP contribution in [0.15, 0.2) is 97.1 Å². The summed E-state index contributed by atoms with van der Waals surface area (Å²) in [4.78, 5) is 50.6. The first-order valence-electron chi connectivity index (χ1n) is 19.5. The van der Waals surface area contributed by atoms with Gasteiger partial charge in [0, 0.05) is 87.6 Å². The summed E-state index contributed by atoms with van der Waals surface area (Å²) >= 11 is 0. The van der Waals surface area contributed by atoms with E-state index < -0.39 is 6.09 Å². The number of nitriles is 1. The second kappa shape index (κ2) is 16.1. The van der Waals surface area contributed by atoms with Gasteiger partial charge in [-0.05, 0) is 84.5 Å². The van der Waals surface area contributed by atoms with Crippen LogP contribution in [0, 0.1) is 18.3 Å². The molecule has 8 rings (SSSR count). The molecule has 0 aliphatic carbocycles. The molecule has 1 aromatic heterocycles. The number of para-hydroxylation sites is 2. The molecule has 4 heterocycles. The topological polar surface area (TPSA) is 111 Å². The van der Waals surface area contributed by atoms with E-state index in [9.17, 15) is 14.9 Å². The van der Waals surface area contributed by atoms with Gasteiger partial charge in [0.1, 0.15) is 6.07 Å². The minimum Gasteiger partial charge on any atom is -0.409 e. The van der Waals surface area contributed by atoms with Gasteiger partial charge in [-0.3, -0.25) is 14.5 Å². The SMILES string of the molecule is Cc1c(C(=O)N(C)c2ccccc2)cc(-c2cc3c(cc2C(=O)N2Cc4ccccc4C[C@H]2CN2CCOCC2)CN(C(=O)Oc2ccccc2C#N)CC3)n1C. The van der Waals surface area contributed by atoms with Gasteiger partial charge in [-0.2, -0.15) is 5.26 Å². The number of carbonyl (C=O) groups is 3. The molecule has 5 aromatic rings. The van der Waals surface area contributed by atoms with Crippen LogP contribution in [0.1, 0.15) is 54.2 Å². The fourth-order valence-electron chi connectivity index (χ4n) is 8.31. The van der Waals surface area contributed by atoms with Gasteiger partial charge in [0.15, 0.2) is 5.75 Å². The number of aromatic nitrogens is 1. The molecule has 57 heavy (non-hydrogen) atoms. The summed E-state index contributed by atoms with van der Waals surface area (Å²) in [5.41, 5.74) is 8.68. The Bertz CT molecular complexity index is 2380. The van der Waals surface area contributed by atoms with E-state index in [1.54, 1.807) is 41.1 Å². The number of fused-ring (bicyclic) bond motifs is 2. The molecule has 290 valence electrons. The van der Waals surface area contributed by atoms with E-state index in [-0.39, 0.29) is 35.7 Å². The molecule has 0 saturated carbocycles. The van der Waals surface area contributed by atoms with Crippen molar-refractivity contribution in [3.05, 3.63) is 142 Å². The molecule has 3 aliphatic rings. The molecule has 4 aromatic carbocycles. The first-order valence-corrected chi connectivity index (χ1v) is 19.5. The quantitative estimate of drug-likeness (QED) is 0.184. The van der Waals surface area contributed by atoms with Gasteiger partial charge in [-0.25, -0.2) is 4.79 Å². The van der Waals surface area contributed by atoms with E-state index in [2.05, 4.69) is 35.2 Å². The monoisotopic (exact) mass is 762 g/mol. The normalized spacial score (nSPS) is 16.6. The number of amides is 3. The number of anilines is 1. The molecule has 0 bridgehead atoms. The van der Waals surface area contributed by atoms with E-state index in [0.717, 1.165) is 65.4 Å². The van der Waals surface area contributed by atoms with Crippen molar-refractivity contribution in [2.45, 2.75) is 38.9 Å². The summed E-state index contributed by atoms with van der Waals surface area (Å²) in [5, 5.41) is 9.57. The maximum Gasteiger partial charge on any atom is 0.415 e. The highest BCUT2D eigenvalue weighted by atomic mass is 16.6. The predicted molar refractivity (Wildman–Crippen MR) is 217 cm³/mol. The summed E-state index contributed by atoms with van der Waals surface area (Å²) in [7, 11) is 3.71. The molecule has 0 unspecified atom stereocenters. The number of carbonyl (C=O) groups excluding carboxylic acids is 3. The Morgan fingerprint density at radius 1 is 0.842 bits per heavy atom. The van der Waals surface area contributed by atoms with Crippen molar-refractivity contribution in [3.63, 3.8) is 0 Å². The minimum absolute atomic E-state index is 0.0760. The van der Waals surface area contributed by atoms with E-state index >= 15 is 4.79 Å². The van der Waals surface area contributed by atoms with Gasteiger partial charge < -0.3 is 28.7 Å². The number of rotatable bonds is 7. The van der Waals surface area contributed by atoms with Crippen LogP contribution in [0.4, 0.5) is 10.5 Å². The van der Waals surface area contributed by atoms with Crippen molar-refractivity contribution in [2.24, 2.45) is 7.05 Å². The van der Waals surface area contributed by atoms with Gasteiger partial charge in [-0.1, -0.05) is 54.6 Å². The average Bonchev–Trinajstić information content (AvgIpc) is 3.55. The number of benzene rings is 4. The number of ether oxygens (including phenoxy) is 2. The van der Waals surface area contributed by atoms with Gasteiger partial charge in [0.2, 0.25) is 0 Å². The number of nitrogens with zero attached hydrogens (tertiary/aromatic N) is 6. The smallest absolute Gasteiger partial charge is 0.409 e. The van der Waals surface area contributed by atoms with E-state index in [4.69, 9.17) is 9.47 Å². The lowest BCUT2D eigenvalue weighted by Crippen LogP contribution is -2.52. The minimum atomic E-state index is -0.553. The predicted octanol–water partition coefficient (Wildman–Crippen LogP) is 6.61. The zero-order valence-corrected chi connectivity index (χ0v) is 32.6. The number of hydrogen-bond acceptors (Lipinski definition) is 7. The first kappa shape index (κ1) is 37.7. The highest BCUT2D eigenvalue weighted by molar-refractivity contribution is 6.08.